The number of carbonyl (C=O) groups is 2. The predicted molar refractivity (Wildman–Crippen MR) is 93.7 cm³/mol. The lowest BCUT2D eigenvalue weighted by atomic mass is 10.1. The number of carbonyl (C=O) groups excluding carboxylic acids is 2. The molecule has 8 heteroatoms. The van der Waals surface area contributed by atoms with Crippen molar-refractivity contribution in [2.45, 2.75) is 12.8 Å². The number of hydrogen-bond donors (Lipinski definition) is 1. The molecule has 144 valence electrons. The molecule has 2 aromatic carbocycles. The first-order valence-electron chi connectivity index (χ1n) is 8.11. The number of anilines is 1. The van der Waals surface area contributed by atoms with E-state index in [1.165, 1.54) is 48.7 Å². The first-order chi connectivity index (χ1) is 13.3. The van der Waals surface area contributed by atoms with Crippen LogP contribution in [0.25, 0.3) is 0 Å². The molecular weight excluding hydrogens is 375 g/mol. The highest BCUT2D eigenvalue weighted by Gasteiger charge is 2.30. The summed E-state index contributed by atoms with van der Waals surface area (Å²) >= 11 is 0. The smallest absolute Gasteiger partial charge is 0.416 e. The van der Waals surface area contributed by atoms with Crippen LogP contribution in [0.4, 0.5) is 18.9 Å². The summed E-state index contributed by atoms with van der Waals surface area (Å²) in [5, 5.41) is 2.60. The van der Waals surface area contributed by atoms with Gasteiger partial charge >= 0.3 is 12.1 Å². The summed E-state index contributed by atoms with van der Waals surface area (Å²) in [5.74, 6) is -0.990. The third kappa shape index (κ3) is 4.79. The molecule has 28 heavy (non-hydrogen) atoms. The van der Waals surface area contributed by atoms with Gasteiger partial charge in [-0.15, -0.1) is 0 Å². The van der Waals surface area contributed by atoms with Gasteiger partial charge in [0.15, 0.2) is 5.76 Å². The van der Waals surface area contributed by atoms with Gasteiger partial charge in [-0.05, 0) is 54.1 Å². The number of halogens is 3. The van der Waals surface area contributed by atoms with Crippen molar-refractivity contribution in [1.29, 1.82) is 0 Å². The molecule has 0 atom stereocenters. The fourth-order valence-corrected chi connectivity index (χ4v) is 2.36. The Labute approximate surface area is 157 Å². The average molecular weight is 389 g/mol. The molecule has 0 aliphatic heterocycles. The monoisotopic (exact) mass is 389 g/mol. The van der Waals surface area contributed by atoms with E-state index in [1.807, 2.05) is 0 Å². The zero-order valence-electron chi connectivity index (χ0n) is 14.3. The second-order valence-electron chi connectivity index (χ2n) is 5.78. The van der Waals surface area contributed by atoms with Crippen LogP contribution in [0.5, 0.6) is 0 Å². The number of benzene rings is 2. The number of amides is 1. The van der Waals surface area contributed by atoms with E-state index in [9.17, 15) is 22.8 Å². The Morgan fingerprint density at radius 1 is 1.00 bits per heavy atom. The Bertz CT molecular complexity index is 964. The van der Waals surface area contributed by atoms with Gasteiger partial charge in [-0.1, -0.05) is 12.1 Å². The molecule has 0 bridgehead atoms. The Kier molecular flexibility index (Phi) is 5.49. The zero-order valence-corrected chi connectivity index (χ0v) is 14.3. The van der Waals surface area contributed by atoms with Crippen LogP contribution in [0.1, 0.15) is 32.0 Å². The summed E-state index contributed by atoms with van der Waals surface area (Å²) in [6.07, 6.45) is -3.09. The van der Waals surface area contributed by atoms with Gasteiger partial charge in [0.1, 0.15) is 6.61 Å². The van der Waals surface area contributed by atoms with E-state index in [2.05, 4.69) is 5.32 Å². The van der Waals surface area contributed by atoms with Crippen molar-refractivity contribution in [2.75, 3.05) is 5.32 Å². The van der Waals surface area contributed by atoms with E-state index in [0.29, 0.717) is 5.69 Å². The number of rotatable bonds is 5. The molecule has 0 spiro atoms. The van der Waals surface area contributed by atoms with Crippen molar-refractivity contribution in [1.82, 2.24) is 0 Å². The minimum Gasteiger partial charge on any atom is -0.459 e. The van der Waals surface area contributed by atoms with Gasteiger partial charge in [0.05, 0.1) is 17.4 Å². The number of ether oxygens (including phenoxy) is 1. The summed E-state index contributed by atoms with van der Waals surface area (Å²) in [6, 6.07) is 13.5. The second-order valence-corrected chi connectivity index (χ2v) is 5.78. The van der Waals surface area contributed by atoms with E-state index >= 15 is 0 Å². The van der Waals surface area contributed by atoms with Crippen LogP contribution in [0.3, 0.4) is 0 Å². The summed E-state index contributed by atoms with van der Waals surface area (Å²) in [5.41, 5.74) is 0.0574. The van der Waals surface area contributed by atoms with Crippen molar-refractivity contribution >= 4 is 17.6 Å². The van der Waals surface area contributed by atoms with Crippen molar-refractivity contribution in [3.63, 3.8) is 0 Å². The predicted octanol–water partition coefficient (Wildman–Crippen LogP) is 4.91. The maximum Gasteiger partial charge on any atom is 0.416 e. The van der Waals surface area contributed by atoms with Crippen LogP contribution in [-0.4, -0.2) is 11.9 Å². The summed E-state index contributed by atoms with van der Waals surface area (Å²) in [4.78, 5) is 23.9. The molecule has 1 N–H and O–H groups in total. The lowest BCUT2D eigenvalue weighted by Gasteiger charge is -2.09. The number of esters is 1. The summed E-state index contributed by atoms with van der Waals surface area (Å²) < 4.78 is 48.1. The molecule has 0 aliphatic carbocycles. The molecule has 0 aliphatic rings. The molecule has 5 nitrogen and oxygen atoms in total. The average Bonchev–Trinajstić information content (AvgIpc) is 3.21. The van der Waals surface area contributed by atoms with Gasteiger partial charge in [-0.3, -0.25) is 4.79 Å². The maximum atomic E-state index is 12.7. The van der Waals surface area contributed by atoms with Gasteiger partial charge in [-0.2, -0.15) is 13.2 Å². The molecule has 0 radical (unpaired) electrons. The highest BCUT2D eigenvalue weighted by molar-refractivity contribution is 6.02. The van der Waals surface area contributed by atoms with Gasteiger partial charge < -0.3 is 14.5 Å². The lowest BCUT2D eigenvalue weighted by molar-refractivity contribution is -0.137. The van der Waals surface area contributed by atoms with Gasteiger partial charge in [0, 0.05) is 5.69 Å². The first-order valence-corrected chi connectivity index (χ1v) is 8.11. The van der Waals surface area contributed by atoms with Gasteiger partial charge in [-0.25, -0.2) is 4.79 Å². The molecule has 1 heterocycles. The third-order valence-corrected chi connectivity index (χ3v) is 3.75. The van der Waals surface area contributed by atoms with Crippen LogP contribution in [0.2, 0.25) is 0 Å². The fourth-order valence-electron chi connectivity index (χ4n) is 2.36. The van der Waals surface area contributed by atoms with Gasteiger partial charge in [0.2, 0.25) is 0 Å². The van der Waals surface area contributed by atoms with E-state index in [4.69, 9.17) is 9.15 Å². The van der Waals surface area contributed by atoms with E-state index < -0.39 is 23.6 Å². The number of alkyl halides is 3. The quantitative estimate of drug-likeness (QED) is 0.630. The highest BCUT2D eigenvalue weighted by atomic mass is 19.4. The third-order valence-electron chi connectivity index (χ3n) is 3.75. The zero-order chi connectivity index (χ0) is 20.1. The van der Waals surface area contributed by atoms with Crippen molar-refractivity contribution < 1.29 is 31.9 Å². The molecule has 3 rings (SSSR count). The Hall–Kier alpha value is -3.55. The van der Waals surface area contributed by atoms with Crippen LogP contribution in [0.15, 0.2) is 71.3 Å². The topological polar surface area (TPSA) is 68.5 Å². The van der Waals surface area contributed by atoms with Crippen LogP contribution in [0, 0.1) is 0 Å². The highest BCUT2D eigenvalue weighted by Crippen LogP contribution is 2.29. The molecule has 1 amide bonds. The molecule has 0 saturated heterocycles. The molecule has 0 fully saturated rings. The summed E-state index contributed by atoms with van der Waals surface area (Å²) in [7, 11) is 0. The van der Waals surface area contributed by atoms with Crippen molar-refractivity contribution in [3.05, 3.63) is 89.4 Å². The second kappa shape index (κ2) is 7.99. The Balaban J connectivity index is 1.58. The number of furan rings is 1. The number of hydrogen-bond acceptors (Lipinski definition) is 4. The summed E-state index contributed by atoms with van der Waals surface area (Å²) in [6.45, 7) is -0.292. The lowest BCUT2D eigenvalue weighted by Crippen LogP contribution is -2.11. The SMILES string of the molecule is O=C(OCc1cccc(C(F)(F)F)c1)c1ccc(NC(=O)c2ccco2)cc1. The Morgan fingerprint density at radius 3 is 2.39 bits per heavy atom. The molecular formula is C20H14F3NO4. The standard InChI is InChI=1S/C20H14F3NO4/c21-20(22,23)15-4-1-3-13(11-15)12-28-19(26)14-6-8-16(9-7-14)24-18(25)17-5-2-10-27-17/h1-11H,12H2,(H,24,25). The largest absolute Gasteiger partial charge is 0.459 e. The maximum absolute atomic E-state index is 12.7. The first kappa shape index (κ1) is 19.2. The number of nitrogens with one attached hydrogen (secondary N) is 1. The minimum absolute atomic E-state index is 0.143. The van der Waals surface area contributed by atoms with Crippen molar-refractivity contribution in [2.24, 2.45) is 0 Å². The van der Waals surface area contributed by atoms with Crippen molar-refractivity contribution in [3.8, 4) is 0 Å². The molecule has 0 saturated carbocycles. The van der Waals surface area contributed by atoms with E-state index in [1.54, 1.807) is 6.07 Å². The molecule has 3 aromatic rings. The van der Waals surface area contributed by atoms with E-state index in [0.717, 1.165) is 12.1 Å². The normalized spacial score (nSPS) is 11.1. The fraction of sp³-hybridized carbons (Fsp3) is 0.100. The van der Waals surface area contributed by atoms with E-state index in [-0.39, 0.29) is 23.5 Å². The molecule has 1 aromatic heterocycles. The minimum atomic E-state index is -4.46. The van der Waals surface area contributed by atoms with Gasteiger partial charge in [0.25, 0.3) is 5.91 Å². The van der Waals surface area contributed by atoms with Crippen LogP contribution in [-0.2, 0) is 17.5 Å². The van der Waals surface area contributed by atoms with Crippen LogP contribution >= 0.6 is 0 Å². The Morgan fingerprint density at radius 2 is 1.75 bits per heavy atom. The molecule has 0 unspecified atom stereocenters. The van der Waals surface area contributed by atoms with Crippen LogP contribution < -0.4 is 5.32 Å².